The summed E-state index contributed by atoms with van der Waals surface area (Å²) in [6, 6.07) is 14.0. The summed E-state index contributed by atoms with van der Waals surface area (Å²) in [5.41, 5.74) is 5.42. The highest BCUT2D eigenvalue weighted by Gasteiger charge is 2.10. The van der Waals surface area contributed by atoms with Gasteiger partial charge in [0.05, 0.1) is 12.2 Å². The molecule has 0 aliphatic rings. The van der Waals surface area contributed by atoms with E-state index in [-0.39, 0.29) is 24.0 Å². The summed E-state index contributed by atoms with van der Waals surface area (Å²) in [7, 11) is 1.96. The monoisotopic (exact) mass is 534 g/mol. The molecule has 2 heterocycles. The number of hydrogen-bond acceptors (Lipinski definition) is 4. The van der Waals surface area contributed by atoms with Crippen LogP contribution in [0.5, 0.6) is 5.88 Å². The molecule has 0 atom stereocenters. The zero-order chi connectivity index (χ0) is 21.3. The van der Waals surface area contributed by atoms with Crippen molar-refractivity contribution >= 4 is 29.9 Å². The Morgan fingerprint density at radius 2 is 1.87 bits per heavy atom. The van der Waals surface area contributed by atoms with E-state index >= 15 is 0 Å². The molecule has 0 amide bonds. The van der Waals surface area contributed by atoms with Gasteiger partial charge >= 0.3 is 0 Å². The normalized spacial score (nSPS) is 11.0. The van der Waals surface area contributed by atoms with Crippen LogP contribution in [0.2, 0.25) is 0 Å². The fraction of sp³-hybridized carbons (Fsp3) is 0.348. The van der Waals surface area contributed by atoms with Crippen molar-refractivity contribution in [3.05, 3.63) is 76.7 Å². The van der Waals surface area contributed by atoms with Gasteiger partial charge in [0.2, 0.25) is 5.88 Å². The summed E-state index contributed by atoms with van der Waals surface area (Å²) < 4.78 is 7.85. The van der Waals surface area contributed by atoms with Gasteiger partial charge in [0.15, 0.2) is 5.96 Å². The molecule has 2 aromatic heterocycles. The van der Waals surface area contributed by atoms with Gasteiger partial charge in [0, 0.05) is 43.2 Å². The van der Waals surface area contributed by atoms with E-state index in [2.05, 4.69) is 34.6 Å². The standard InChI is InChI=1S/C23H30N6O.HI/c1-5-24-23(27-15-21-17(2)28-29(4)18(21)3)26-14-20-12-9-13-25-22(20)30-16-19-10-7-6-8-11-19;/h6-13H,5,14-16H2,1-4H3,(H2,24,26,27);1H. The fourth-order valence-electron chi connectivity index (χ4n) is 3.15. The highest BCUT2D eigenvalue weighted by atomic mass is 127. The zero-order valence-electron chi connectivity index (χ0n) is 18.6. The Labute approximate surface area is 201 Å². The Kier molecular flexibility index (Phi) is 9.77. The van der Waals surface area contributed by atoms with Crippen LogP contribution in [0.15, 0.2) is 53.7 Å². The van der Waals surface area contributed by atoms with E-state index in [1.54, 1.807) is 6.20 Å². The zero-order valence-corrected chi connectivity index (χ0v) is 20.9. The number of hydrogen-bond donors (Lipinski definition) is 2. The van der Waals surface area contributed by atoms with Gasteiger partial charge in [-0.15, -0.1) is 24.0 Å². The second kappa shape index (κ2) is 12.3. The molecule has 8 heteroatoms. The summed E-state index contributed by atoms with van der Waals surface area (Å²) in [5.74, 6) is 1.36. The number of rotatable bonds is 8. The first-order chi connectivity index (χ1) is 14.6. The molecule has 1 aromatic carbocycles. The average molecular weight is 534 g/mol. The molecular weight excluding hydrogens is 503 g/mol. The number of guanidine groups is 1. The topological polar surface area (TPSA) is 76.4 Å². The van der Waals surface area contributed by atoms with E-state index in [4.69, 9.17) is 9.73 Å². The Morgan fingerprint density at radius 3 is 2.55 bits per heavy atom. The number of pyridine rings is 1. The lowest BCUT2D eigenvalue weighted by Gasteiger charge is -2.13. The van der Waals surface area contributed by atoms with Crippen molar-refractivity contribution in [2.45, 2.75) is 40.5 Å². The molecule has 2 N–H and O–H groups in total. The van der Waals surface area contributed by atoms with Crippen LogP contribution in [0.4, 0.5) is 0 Å². The molecule has 0 bridgehead atoms. The number of aliphatic imine (C=N–C) groups is 1. The minimum atomic E-state index is 0. The maximum Gasteiger partial charge on any atom is 0.218 e. The number of halogens is 1. The lowest BCUT2D eigenvalue weighted by atomic mass is 10.2. The van der Waals surface area contributed by atoms with Crippen LogP contribution in [-0.4, -0.2) is 27.3 Å². The maximum atomic E-state index is 5.95. The fourth-order valence-corrected chi connectivity index (χ4v) is 3.15. The maximum absolute atomic E-state index is 5.95. The van der Waals surface area contributed by atoms with Crippen molar-refractivity contribution in [2.24, 2.45) is 12.0 Å². The van der Waals surface area contributed by atoms with E-state index in [0.29, 0.717) is 25.6 Å². The van der Waals surface area contributed by atoms with Crippen LogP contribution in [-0.2, 0) is 26.7 Å². The van der Waals surface area contributed by atoms with E-state index < -0.39 is 0 Å². The van der Waals surface area contributed by atoms with Crippen LogP contribution < -0.4 is 15.4 Å². The molecule has 0 unspecified atom stereocenters. The third kappa shape index (κ3) is 6.95. The number of nitrogens with zero attached hydrogens (tertiary/aromatic N) is 4. The van der Waals surface area contributed by atoms with Gasteiger partial charge in [-0.25, -0.2) is 9.98 Å². The second-order valence-electron chi connectivity index (χ2n) is 7.06. The summed E-state index contributed by atoms with van der Waals surface area (Å²) in [5, 5.41) is 11.2. The average Bonchev–Trinajstić information content (AvgIpc) is 3.01. The third-order valence-electron chi connectivity index (χ3n) is 4.91. The van der Waals surface area contributed by atoms with E-state index in [1.807, 2.05) is 61.1 Å². The van der Waals surface area contributed by atoms with Crippen molar-refractivity contribution in [1.29, 1.82) is 0 Å². The van der Waals surface area contributed by atoms with Gasteiger partial charge in [-0.05, 0) is 32.4 Å². The van der Waals surface area contributed by atoms with Gasteiger partial charge in [-0.1, -0.05) is 36.4 Å². The smallest absolute Gasteiger partial charge is 0.218 e. The van der Waals surface area contributed by atoms with Gasteiger partial charge in [0.1, 0.15) is 6.61 Å². The minimum Gasteiger partial charge on any atom is -0.473 e. The first kappa shape index (κ1) is 24.6. The Bertz CT molecular complexity index is 987. The number of benzene rings is 1. The minimum absolute atomic E-state index is 0. The quantitative estimate of drug-likeness (QED) is 0.261. The molecule has 7 nitrogen and oxygen atoms in total. The lowest BCUT2D eigenvalue weighted by Crippen LogP contribution is -2.37. The van der Waals surface area contributed by atoms with Gasteiger partial charge < -0.3 is 15.4 Å². The highest BCUT2D eigenvalue weighted by Crippen LogP contribution is 2.17. The molecule has 0 saturated heterocycles. The van der Waals surface area contributed by atoms with Crippen LogP contribution in [0.25, 0.3) is 0 Å². The van der Waals surface area contributed by atoms with E-state index in [0.717, 1.165) is 35.0 Å². The molecule has 0 spiro atoms. The second-order valence-corrected chi connectivity index (χ2v) is 7.06. The molecule has 3 rings (SSSR count). The molecule has 0 fully saturated rings. The van der Waals surface area contributed by atoms with Crippen molar-refractivity contribution < 1.29 is 4.74 Å². The Morgan fingerprint density at radius 1 is 1.10 bits per heavy atom. The van der Waals surface area contributed by atoms with Crippen LogP contribution >= 0.6 is 24.0 Å². The van der Waals surface area contributed by atoms with E-state index in [9.17, 15) is 0 Å². The summed E-state index contributed by atoms with van der Waals surface area (Å²) in [6.07, 6.45) is 1.74. The van der Waals surface area contributed by atoms with Gasteiger partial charge in [-0.3, -0.25) is 4.68 Å². The highest BCUT2D eigenvalue weighted by molar-refractivity contribution is 14.0. The van der Waals surface area contributed by atoms with Crippen LogP contribution in [0, 0.1) is 13.8 Å². The lowest BCUT2D eigenvalue weighted by molar-refractivity contribution is 0.290. The molecule has 0 aliphatic heterocycles. The van der Waals surface area contributed by atoms with Gasteiger partial charge in [0.25, 0.3) is 0 Å². The third-order valence-corrected chi connectivity index (χ3v) is 4.91. The summed E-state index contributed by atoms with van der Waals surface area (Å²) in [6.45, 7) is 8.55. The van der Waals surface area contributed by atoms with Crippen molar-refractivity contribution in [2.75, 3.05) is 6.54 Å². The molecule has 3 aromatic rings. The summed E-state index contributed by atoms with van der Waals surface area (Å²) in [4.78, 5) is 9.12. The number of aromatic nitrogens is 3. The van der Waals surface area contributed by atoms with Crippen LogP contribution in [0.1, 0.15) is 35.0 Å². The predicted molar refractivity (Wildman–Crippen MR) is 135 cm³/mol. The van der Waals surface area contributed by atoms with Crippen molar-refractivity contribution in [1.82, 2.24) is 25.4 Å². The van der Waals surface area contributed by atoms with Crippen molar-refractivity contribution in [3.8, 4) is 5.88 Å². The Balaban J connectivity index is 0.00000341. The predicted octanol–water partition coefficient (Wildman–Crippen LogP) is 3.88. The Hall–Kier alpha value is -2.62. The first-order valence-corrected chi connectivity index (χ1v) is 10.2. The molecular formula is C23H31IN6O. The molecule has 166 valence electrons. The van der Waals surface area contributed by atoms with Crippen molar-refractivity contribution in [3.63, 3.8) is 0 Å². The summed E-state index contributed by atoms with van der Waals surface area (Å²) >= 11 is 0. The number of nitrogens with one attached hydrogen (secondary N) is 2. The van der Waals surface area contributed by atoms with Gasteiger partial charge in [-0.2, -0.15) is 5.10 Å². The molecule has 0 aliphatic carbocycles. The number of aryl methyl sites for hydroxylation is 2. The molecule has 0 saturated carbocycles. The SMILES string of the molecule is CCNC(=NCc1cccnc1OCc1ccccc1)NCc1c(C)nn(C)c1C.I. The molecule has 31 heavy (non-hydrogen) atoms. The largest absolute Gasteiger partial charge is 0.473 e. The first-order valence-electron chi connectivity index (χ1n) is 10.2. The van der Waals surface area contributed by atoms with Crippen LogP contribution in [0.3, 0.4) is 0 Å². The molecule has 0 radical (unpaired) electrons. The number of ether oxygens (including phenoxy) is 1. The van der Waals surface area contributed by atoms with E-state index in [1.165, 1.54) is 5.56 Å².